The molecule has 1 saturated heterocycles. The molecule has 2 unspecified atom stereocenters. The third-order valence-corrected chi connectivity index (χ3v) is 3.71. The van der Waals surface area contributed by atoms with Gasteiger partial charge in [0, 0.05) is 32.1 Å². The van der Waals surface area contributed by atoms with Crippen molar-refractivity contribution in [2.45, 2.75) is 38.5 Å². The van der Waals surface area contributed by atoms with Crippen LogP contribution in [0.4, 0.5) is 0 Å². The Kier molecular flexibility index (Phi) is 7.09. The van der Waals surface area contributed by atoms with Gasteiger partial charge in [-0.3, -0.25) is 9.88 Å². The normalized spacial score (nSPS) is 20.0. The smallest absolute Gasteiger partial charge is 0.0900 e. The molecule has 118 valence electrons. The van der Waals surface area contributed by atoms with Crippen molar-refractivity contribution in [1.82, 2.24) is 9.88 Å². The van der Waals surface area contributed by atoms with Gasteiger partial charge in [-0.2, -0.15) is 0 Å². The first-order valence-electron chi connectivity index (χ1n) is 7.76. The molecular formula is C16H26N2O3. The fourth-order valence-electron chi connectivity index (χ4n) is 2.51. The number of ether oxygens (including phenoxy) is 2. The van der Waals surface area contributed by atoms with Gasteiger partial charge in [-0.1, -0.05) is 6.92 Å². The lowest BCUT2D eigenvalue weighted by molar-refractivity contribution is -0.0254. The maximum Gasteiger partial charge on any atom is 0.0900 e. The van der Waals surface area contributed by atoms with Crippen LogP contribution in [0.1, 0.15) is 25.3 Å². The largest absolute Gasteiger partial charge is 0.389 e. The van der Waals surface area contributed by atoms with E-state index in [4.69, 9.17) is 9.47 Å². The zero-order valence-electron chi connectivity index (χ0n) is 12.8. The Morgan fingerprint density at radius 2 is 2.29 bits per heavy atom. The van der Waals surface area contributed by atoms with Crippen molar-refractivity contribution >= 4 is 0 Å². The molecule has 21 heavy (non-hydrogen) atoms. The number of aromatic nitrogens is 1. The molecule has 0 bridgehead atoms. The molecule has 0 amide bonds. The Morgan fingerprint density at radius 3 is 2.95 bits per heavy atom. The van der Waals surface area contributed by atoms with Gasteiger partial charge in [0.1, 0.15) is 0 Å². The first-order valence-corrected chi connectivity index (χ1v) is 7.76. The second-order valence-electron chi connectivity index (χ2n) is 5.51. The minimum Gasteiger partial charge on any atom is -0.389 e. The van der Waals surface area contributed by atoms with Crippen LogP contribution in [0.2, 0.25) is 0 Å². The zero-order valence-corrected chi connectivity index (χ0v) is 12.8. The molecular weight excluding hydrogens is 268 g/mol. The Balaban J connectivity index is 1.65. The SMILES string of the molecule is CCN(Cc1ccncc1)CC(O)COCC1CCCO1. The summed E-state index contributed by atoms with van der Waals surface area (Å²) in [5.41, 5.74) is 1.21. The zero-order chi connectivity index (χ0) is 14.9. The van der Waals surface area contributed by atoms with E-state index in [1.165, 1.54) is 5.56 Å². The number of nitrogens with zero attached hydrogens (tertiary/aromatic N) is 2. The van der Waals surface area contributed by atoms with Crippen LogP contribution < -0.4 is 0 Å². The number of hydrogen-bond donors (Lipinski definition) is 1. The molecule has 0 aliphatic carbocycles. The van der Waals surface area contributed by atoms with Crippen LogP contribution in [0.25, 0.3) is 0 Å². The van der Waals surface area contributed by atoms with Crippen LogP contribution in [-0.2, 0) is 16.0 Å². The number of likely N-dealkylation sites (N-methyl/N-ethyl adjacent to an activating group) is 1. The predicted molar refractivity (Wildman–Crippen MR) is 81.0 cm³/mol. The third kappa shape index (κ3) is 6.09. The average molecular weight is 294 g/mol. The van der Waals surface area contributed by atoms with Crippen LogP contribution in [0.15, 0.2) is 24.5 Å². The lowest BCUT2D eigenvalue weighted by atomic mass is 10.2. The van der Waals surface area contributed by atoms with Crippen LogP contribution in [0.3, 0.4) is 0 Å². The molecule has 1 fully saturated rings. The molecule has 0 aromatic carbocycles. The number of pyridine rings is 1. The van der Waals surface area contributed by atoms with Gasteiger partial charge in [-0.05, 0) is 37.1 Å². The number of rotatable bonds is 9. The Bertz CT molecular complexity index is 382. The monoisotopic (exact) mass is 294 g/mol. The molecule has 2 heterocycles. The van der Waals surface area contributed by atoms with Gasteiger partial charge in [0.2, 0.25) is 0 Å². The van der Waals surface area contributed by atoms with Gasteiger partial charge in [-0.15, -0.1) is 0 Å². The summed E-state index contributed by atoms with van der Waals surface area (Å²) in [6, 6.07) is 4.01. The summed E-state index contributed by atoms with van der Waals surface area (Å²) in [5.74, 6) is 0. The van der Waals surface area contributed by atoms with Crippen molar-refractivity contribution < 1.29 is 14.6 Å². The van der Waals surface area contributed by atoms with Crippen LogP contribution in [-0.4, -0.2) is 60.1 Å². The van der Waals surface area contributed by atoms with Gasteiger partial charge in [0.25, 0.3) is 0 Å². The topological polar surface area (TPSA) is 54.8 Å². The van der Waals surface area contributed by atoms with E-state index in [-0.39, 0.29) is 6.10 Å². The predicted octanol–water partition coefficient (Wildman–Crippen LogP) is 1.46. The molecule has 5 heteroatoms. The summed E-state index contributed by atoms with van der Waals surface area (Å²) in [4.78, 5) is 6.22. The number of hydrogen-bond acceptors (Lipinski definition) is 5. The summed E-state index contributed by atoms with van der Waals surface area (Å²) in [6.45, 7) is 6.23. The molecule has 0 spiro atoms. The maximum absolute atomic E-state index is 10.1. The fourth-order valence-corrected chi connectivity index (χ4v) is 2.51. The minimum absolute atomic E-state index is 0.219. The van der Waals surface area contributed by atoms with Gasteiger partial charge in [0.15, 0.2) is 0 Å². The number of aliphatic hydroxyl groups excluding tert-OH is 1. The highest BCUT2D eigenvalue weighted by Gasteiger charge is 2.17. The highest BCUT2D eigenvalue weighted by atomic mass is 16.5. The molecule has 2 rings (SSSR count). The van der Waals surface area contributed by atoms with Crippen LogP contribution in [0, 0.1) is 0 Å². The molecule has 5 nitrogen and oxygen atoms in total. The molecule has 1 aromatic heterocycles. The van der Waals surface area contributed by atoms with E-state index in [0.29, 0.717) is 19.8 Å². The molecule has 0 radical (unpaired) electrons. The van der Waals surface area contributed by atoms with E-state index >= 15 is 0 Å². The molecule has 1 aliphatic rings. The van der Waals surface area contributed by atoms with E-state index in [0.717, 1.165) is 32.5 Å². The van der Waals surface area contributed by atoms with Crippen molar-refractivity contribution in [1.29, 1.82) is 0 Å². The van der Waals surface area contributed by atoms with Crippen molar-refractivity contribution in [2.75, 3.05) is 32.9 Å². The van der Waals surface area contributed by atoms with E-state index in [9.17, 15) is 5.11 Å². The first kappa shape index (κ1) is 16.4. The minimum atomic E-state index is -0.465. The number of aliphatic hydroxyl groups is 1. The van der Waals surface area contributed by atoms with Gasteiger partial charge >= 0.3 is 0 Å². The van der Waals surface area contributed by atoms with Crippen molar-refractivity contribution in [2.24, 2.45) is 0 Å². The summed E-state index contributed by atoms with van der Waals surface area (Å²) in [5, 5.41) is 10.1. The molecule has 1 aromatic rings. The Morgan fingerprint density at radius 1 is 1.48 bits per heavy atom. The standard InChI is InChI=1S/C16H26N2O3/c1-2-18(10-14-5-7-17-8-6-14)11-15(19)12-20-13-16-4-3-9-21-16/h5-8,15-16,19H,2-4,9-13H2,1H3. The van der Waals surface area contributed by atoms with Gasteiger partial charge < -0.3 is 14.6 Å². The Hall–Kier alpha value is -1.01. The molecule has 0 saturated carbocycles. The maximum atomic E-state index is 10.1. The summed E-state index contributed by atoms with van der Waals surface area (Å²) >= 11 is 0. The highest BCUT2D eigenvalue weighted by Crippen LogP contribution is 2.12. The summed E-state index contributed by atoms with van der Waals surface area (Å²) < 4.78 is 11.1. The molecule has 1 aliphatic heterocycles. The van der Waals surface area contributed by atoms with E-state index < -0.39 is 6.10 Å². The Labute approximate surface area is 126 Å². The average Bonchev–Trinajstić information content (AvgIpc) is 3.01. The highest BCUT2D eigenvalue weighted by molar-refractivity contribution is 5.09. The van der Waals surface area contributed by atoms with E-state index in [1.54, 1.807) is 12.4 Å². The van der Waals surface area contributed by atoms with Gasteiger partial charge in [-0.25, -0.2) is 0 Å². The second-order valence-corrected chi connectivity index (χ2v) is 5.51. The van der Waals surface area contributed by atoms with Crippen molar-refractivity contribution in [3.8, 4) is 0 Å². The van der Waals surface area contributed by atoms with Crippen molar-refractivity contribution in [3.05, 3.63) is 30.1 Å². The van der Waals surface area contributed by atoms with Crippen molar-refractivity contribution in [3.63, 3.8) is 0 Å². The lowest BCUT2D eigenvalue weighted by Crippen LogP contribution is -2.35. The van der Waals surface area contributed by atoms with E-state index in [1.807, 2.05) is 12.1 Å². The van der Waals surface area contributed by atoms with Gasteiger partial charge in [0.05, 0.1) is 25.4 Å². The first-order chi connectivity index (χ1) is 10.3. The molecule has 2 atom stereocenters. The summed E-state index contributed by atoms with van der Waals surface area (Å²) in [7, 11) is 0. The van der Waals surface area contributed by atoms with Crippen LogP contribution in [0.5, 0.6) is 0 Å². The summed E-state index contributed by atoms with van der Waals surface area (Å²) in [6.07, 6.45) is 5.53. The quantitative estimate of drug-likeness (QED) is 0.747. The molecule has 1 N–H and O–H groups in total. The fraction of sp³-hybridized carbons (Fsp3) is 0.688. The third-order valence-electron chi connectivity index (χ3n) is 3.71. The lowest BCUT2D eigenvalue weighted by Gasteiger charge is -2.24. The second kappa shape index (κ2) is 9.10. The van der Waals surface area contributed by atoms with Crippen LogP contribution >= 0.6 is 0 Å². The van der Waals surface area contributed by atoms with E-state index in [2.05, 4.69) is 16.8 Å².